The molecule has 1 atom stereocenters. The maximum Gasteiger partial charge on any atom is 0.225 e. The van der Waals surface area contributed by atoms with E-state index in [1.807, 2.05) is 11.9 Å². The highest BCUT2D eigenvalue weighted by atomic mass is 35.5. The number of halogens is 3. The van der Waals surface area contributed by atoms with E-state index in [-0.39, 0.29) is 22.0 Å². The van der Waals surface area contributed by atoms with E-state index in [4.69, 9.17) is 28.5 Å². The first-order valence-corrected chi connectivity index (χ1v) is 7.76. The molecule has 23 heavy (non-hydrogen) atoms. The predicted molar refractivity (Wildman–Crippen MR) is 86.2 cm³/mol. The first-order valence-electron chi connectivity index (χ1n) is 7.00. The van der Waals surface area contributed by atoms with Gasteiger partial charge in [0, 0.05) is 31.9 Å². The molecule has 3 rings (SSSR count). The number of anilines is 1. The van der Waals surface area contributed by atoms with Crippen LogP contribution in [0.25, 0.3) is 10.9 Å². The summed E-state index contributed by atoms with van der Waals surface area (Å²) in [4.78, 5) is 16.1. The van der Waals surface area contributed by atoms with Crippen molar-refractivity contribution in [2.45, 2.75) is 12.5 Å². The fourth-order valence-electron chi connectivity index (χ4n) is 2.70. The summed E-state index contributed by atoms with van der Waals surface area (Å²) in [5.74, 6) is -0.198. The Bertz CT molecular complexity index is 793. The molecule has 9 heteroatoms. The summed E-state index contributed by atoms with van der Waals surface area (Å²) < 4.78 is 14.2. The molecule has 0 spiro atoms. The summed E-state index contributed by atoms with van der Waals surface area (Å²) in [5.41, 5.74) is 0.0516. The minimum atomic E-state index is -0.711. The van der Waals surface area contributed by atoms with Crippen LogP contribution in [0.15, 0.2) is 6.20 Å². The molecule has 0 aromatic carbocycles. The Morgan fingerprint density at radius 3 is 2.91 bits per heavy atom. The maximum absolute atomic E-state index is 14.2. The zero-order valence-electron chi connectivity index (χ0n) is 12.3. The third-order valence-electron chi connectivity index (χ3n) is 4.00. The summed E-state index contributed by atoms with van der Waals surface area (Å²) >= 11 is 11.7. The molecule has 0 bridgehead atoms. The van der Waals surface area contributed by atoms with Gasteiger partial charge in [0.15, 0.2) is 11.0 Å². The number of piperazine rings is 1. The van der Waals surface area contributed by atoms with Crippen LogP contribution in [-0.2, 0) is 0 Å². The Morgan fingerprint density at radius 2 is 2.17 bits per heavy atom. The van der Waals surface area contributed by atoms with Crippen molar-refractivity contribution in [3.63, 3.8) is 0 Å². The zero-order chi connectivity index (χ0) is 16.6. The number of aromatic nitrogens is 3. The number of hydrogen-bond donors (Lipinski definition) is 0. The quantitative estimate of drug-likeness (QED) is 0.609. The number of nitrogens with zero attached hydrogens (tertiary/aromatic N) is 6. The molecule has 2 aromatic heterocycles. The summed E-state index contributed by atoms with van der Waals surface area (Å²) in [6.07, 6.45) is 1.85. The second-order valence-electron chi connectivity index (χ2n) is 5.38. The van der Waals surface area contributed by atoms with E-state index in [1.165, 1.54) is 6.20 Å². The smallest absolute Gasteiger partial charge is 0.225 e. The Morgan fingerprint density at radius 1 is 1.39 bits per heavy atom. The highest BCUT2D eigenvalue weighted by molar-refractivity contribution is 6.30. The Kier molecular flexibility index (Phi) is 4.48. The normalized spacial score (nSPS) is 19.1. The van der Waals surface area contributed by atoms with Crippen LogP contribution in [0.5, 0.6) is 0 Å². The third-order valence-corrected chi connectivity index (χ3v) is 4.43. The molecule has 0 N–H and O–H groups in total. The average Bonchev–Trinajstić information content (AvgIpc) is 2.53. The van der Waals surface area contributed by atoms with Crippen molar-refractivity contribution >= 4 is 39.9 Å². The molecule has 0 aliphatic carbocycles. The van der Waals surface area contributed by atoms with Gasteiger partial charge in [0.1, 0.15) is 11.3 Å². The minimum Gasteiger partial charge on any atom is -0.353 e. The van der Waals surface area contributed by atoms with Crippen LogP contribution < -0.4 is 4.90 Å². The number of fused-ring (bicyclic) bond motifs is 1. The van der Waals surface area contributed by atoms with Crippen LogP contribution in [0.3, 0.4) is 0 Å². The van der Waals surface area contributed by atoms with Crippen LogP contribution in [0.2, 0.25) is 10.4 Å². The number of nitriles is 1. The van der Waals surface area contributed by atoms with Crippen molar-refractivity contribution in [2.24, 2.45) is 0 Å². The van der Waals surface area contributed by atoms with Gasteiger partial charge in [-0.15, -0.1) is 0 Å². The second kappa shape index (κ2) is 6.40. The molecule has 0 unspecified atom stereocenters. The van der Waals surface area contributed by atoms with Gasteiger partial charge in [-0.05, 0) is 18.6 Å². The number of rotatable bonds is 2. The molecule has 0 saturated carbocycles. The zero-order valence-corrected chi connectivity index (χ0v) is 13.8. The van der Waals surface area contributed by atoms with Crippen LogP contribution in [0.4, 0.5) is 10.2 Å². The minimum absolute atomic E-state index is 0.0515. The first-order chi connectivity index (χ1) is 11.0. The SMILES string of the molecule is CN1CCN(c2nc(Cl)nc3c(F)c(Cl)ncc23)C[C@@H]1CC#N. The van der Waals surface area contributed by atoms with Crippen LogP contribution >= 0.6 is 23.2 Å². The van der Waals surface area contributed by atoms with Gasteiger partial charge < -0.3 is 4.90 Å². The first kappa shape index (κ1) is 16.1. The second-order valence-corrected chi connectivity index (χ2v) is 6.08. The number of pyridine rings is 1. The van der Waals surface area contributed by atoms with Gasteiger partial charge in [-0.3, -0.25) is 4.90 Å². The predicted octanol–water partition coefficient (Wildman–Crippen LogP) is 2.50. The molecule has 0 amide bonds. The van der Waals surface area contributed by atoms with E-state index in [0.29, 0.717) is 30.7 Å². The molecule has 2 aromatic rings. The molecular weight excluding hydrogens is 342 g/mol. The van der Waals surface area contributed by atoms with E-state index in [9.17, 15) is 4.39 Å². The Hall–Kier alpha value is -1.75. The van der Waals surface area contributed by atoms with Gasteiger partial charge in [0.2, 0.25) is 5.28 Å². The van der Waals surface area contributed by atoms with Crippen molar-refractivity contribution in [1.29, 1.82) is 5.26 Å². The summed E-state index contributed by atoms with van der Waals surface area (Å²) in [6, 6.07) is 2.26. The maximum atomic E-state index is 14.2. The molecule has 1 fully saturated rings. The highest BCUT2D eigenvalue weighted by Crippen LogP contribution is 2.30. The van der Waals surface area contributed by atoms with Gasteiger partial charge in [-0.2, -0.15) is 10.2 Å². The number of likely N-dealkylation sites (N-methyl/N-ethyl adjacent to an activating group) is 1. The van der Waals surface area contributed by atoms with Crippen molar-refractivity contribution in [2.75, 3.05) is 31.6 Å². The lowest BCUT2D eigenvalue weighted by molar-refractivity contribution is 0.221. The monoisotopic (exact) mass is 354 g/mol. The van der Waals surface area contributed by atoms with Crippen LogP contribution in [-0.4, -0.2) is 52.6 Å². The fourth-order valence-corrected chi connectivity index (χ4v) is 3.00. The fraction of sp³-hybridized carbons (Fsp3) is 0.429. The highest BCUT2D eigenvalue weighted by Gasteiger charge is 2.27. The standard InChI is InChI=1S/C14H13Cl2FN6/c1-22-4-5-23(7-8(22)2-3-18)13-9-6-19-12(15)10(17)11(9)20-14(16)21-13/h6,8H,2,4-5,7H2,1H3/t8-/m0/s1. The largest absolute Gasteiger partial charge is 0.353 e. The van der Waals surface area contributed by atoms with E-state index in [0.717, 1.165) is 6.54 Å². The lowest BCUT2D eigenvalue weighted by Gasteiger charge is -2.39. The van der Waals surface area contributed by atoms with E-state index >= 15 is 0 Å². The van der Waals surface area contributed by atoms with Crippen molar-refractivity contribution in [1.82, 2.24) is 19.9 Å². The lowest BCUT2D eigenvalue weighted by Crippen LogP contribution is -2.51. The molecule has 1 saturated heterocycles. The molecule has 3 heterocycles. The average molecular weight is 355 g/mol. The molecule has 0 radical (unpaired) electrons. The summed E-state index contributed by atoms with van der Waals surface area (Å²) in [7, 11) is 1.98. The van der Waals surface area contributed by atoms with Gasteiger partial charge in [0.05, 0.1) is 17.9 Å². The van der Waals surface area contributed by atoms with Crippen molar-refractivity contribution in [3.8, 4) is 6.07 Å². The molecule has 1 aliphatic heterocycles. The van der Waals surface area contributed by atoms with Crippen molar-refractivity contribution < 1.29 is 4.39 Å². The van der Waals surface area contributed by atoms with Gasteiger partial charge in [-0.1, -0.05) is 11.6 Å². The Labute approximate surface area is 142 Å². The molecular formula is C14H13Cl2FN6. The Balaban J connectivity index is 2.06. The molecule has 1 aliphatic rings. The van der Waals surface area contributed by atoms with Gasteiger partial charge in [-0.25, -0.2) is 14.4 Å². The topological polar surface area (TPSA) is 68.9 Å². The van der Waals surface area contributed by atoms with Crippen molar-refractivity contribution in [3.05, 3.63) is 22.5 Å². The van der Waals surface area contributed by atoms with Gasteiger partial charge >= 0.3 is 0 Å². The van der Waals surface area contributed by atoms with E-state index in [2.05, 4.69) is 25.9 Å². The summed E-state index contributed by atoms with van der Waals surface area (Å²) in [6.45, 7) is 2.04. The third kappa shape index (κ3) is 3.02. The molecule has 6 nitrogen and oxygen atoms in total. The van der Waals surface area contributed by atoms with Gasteiger partial charge in [0.25, 0.3) is 0 Å². The number of hydrogen-bond acceptors (Lipinski definition) is 6. The van der Waals surface area contributed by atoms with E-state index in [1.54, 1.807) is 0 Å². The van der Waals surface area contributed by atoms with Crippen LogP contribution in [0.1, 0.15) is 6.42 Å². The van der Waals surface area contributed by atoms with Crippen LogP contribution in [0, 0.1) is 17.1 Å². The molecule has 120 valence electrons. The lowest BCUT2D eigenvalue weighted by atomic mass is 10.1. The van der Waals surface area contributed by atoms with E-state index < -0.39 is 5.82 Å². The summed E-state index contributed by atoms with van der Waals surface area (Å²) in [5, 5.41) is 9.11.